The molecule has 2 rings (SSSR count). The van der Waals surface area contributed by atoms with Gasteiger partial charge in [0.15, 0.2) is 0 Å². The summed E-state index contributed by atoms with van der Waals surface area (Å²) in [5.74, 6) is -0.201. The number of rotatable bonds is 3. The van der Waals surface area contributed by atoms with E-state index < -0.39 is 11.5 Å². The van der Waals surface area contributed by atoms with Gasteiger partial charge in [0.05, 0.1) is 0 Å². The van der Waals surface area contributed by atoms with E-state index in [1.165, 1.54) is 18.5 Å². The summed E-state index contributed by atoms with van der Waals surface area (Å²) < 4.78 is 0. The van der Waals surface area contributed by atoms with Gasteiger partial charge in [-0.25, -0.2) is 9.97 Å². The van der Waals surface area contributed by atoms with Gasteiger partial charge in [0, 0.05) is 6.20 Å². The molecule has 0 unspecified atom stereocenters. The van der Waals surface area contributed by atoms with Crippen LogP contribution in [-0.2, 0) is 0 Å². The number of amides is 1. The first-order valence-corrected chi connectivity index (χ1v) is 4.73. The van der Waals surface area contributed by atoms with Crippen LogP contribution in [0, 0.1) is 0 Å². The number of aromatic amines is 1. The van der Waals surface area contributed by atoms with Crippen molar-refractivity contribution in [2.24, 2.45) is 5.73 Å². The van der Waals surface area contributed by atoms with E-state index in [0.29, 0.717) is 5.82 Å². The molecule has 0 radical (unpaired) electrons. The van der Waals surface area contributed by atoms with Crippen LogP contribution in [0.15, 0.2) is 35.5 Å². The number of primary amides is 1. The summed E-state index contributed by atoms with van der Waals surface area (Å²) in [6.45, 7) is 0. The average molecular weight is 231 g/mol. The van der Waals surface area contributed by atoms with Crippen molar-refractivity contribution in [2.75, 3.05) is 5.32 Å². The standard InChI is InChI=1S/C10H9N5O2/c11-9(16)6-1-2-7(10(17)15-6)14-8-3-4-12-5-13-8/h1-5H,(H2,11,16)(H,15,17)(H,12,13,14). The summed E-state index contributed by atoms with van der Waals surface area (Å²) in [5, 5.41) is 2.79. The van der Waals surface area contributed by atoms with Gasteiger partial charge in [-0.15, -0.1) is 0 Å². The first-order valence-electron chi connectivity index (χ1n) is 4.73. The molecule has 0 aliphatic rings. The van der Waals surface area contributed by atoms with Gasteiger partial charge in [-0.3, -0.25) is 9.59 Å². The monoisotopic (exact) mass is 231 g/mol. The Morgan fingerprint density at radius 2 is 2.18 bits per heavy atom. The smallest absolute Gasteiger partial charge is 0.272 e. The SMILES string of the molecule is NC(=O)c1ccc(Nc2ccncn2)c(=O)[nH]1. The van der Waals surface area contributed by atoms with Crippen LogP contribution in [0.5, 0.6) is 0 Å². The highest BCUT2D eigenvalue weighted by atomic mass is 16.1. The van der Waals surface area contributed by atoms with Gasteiger partial charge >= 0.3 is 0 Å². The summed E-state index contributed by atoms with van der Waals surface area (Å²) in [6, 6.07) is 4.50. The minimum atomic E-state index is -0.685. The van der Waals surface area contributed by atoms with Gasteiger partial charge in [0.25, 0.3) is 11.5 Å². The highest BCUT2D eigenvalue weighted by Gasteiger charge is 2.05. The number of aromatic nitrogens is 3. The molecule has 0 saturated carbocycles. The van der Waals surface area contributed by atoms with Crippen LogP contribution in [0.3, 0.4) is 0 Å². The van der Waals surface area contributed by atoms with Crippen LogP contribution in [0.4, 0.5) is 11.5 Å². The number of nitrogens with one attached hydrogen (secondary N) is 2. The maximum Gasteiger partial charge on any atom is 0.272 e. The maximum absolute atomic E-state index is 11.6. The van der Waals surface area contributed by atoms with Crippen molar-refractivity contribution >= 4 is 17.4 Å². The number of carbonyl (C=O) groups is 1. The number of carbonyl (C=O) groups excluding carboxylic acids is 1. The Morgan fingerprint density at radius 1 is 1.35 bits per heavy atom. The minimum absolute atomic E-state index is 0.0586. The molecule has 17 heavy (non-hydrogen) atoms. The van der Waals surface area contributed by atoms with Gasteiger partial charge in [-0.2, -0.15) is 0 Å². The van der Waals surface area contributed by atoms with Crippen LogP contribution >= 0.6 is 0 Å². The van der Waals surface area contributed by atoms with Crippen LogP contribution in [0.25, 0.3) is 0 Å². The molecule has 0 aliphatic carbocycles. The minimum Gasteiger partial charge on any atom is -0.364 e. The quantitative estimate of drug-likeness (QED) is 0.688. The normalized spacial score (nSPS) is 9.88. The van der Waals surface area contributed by atoms with Crippen molar-refractivity contribution in [1.29, 1.82) is 0 Å². The lowest BCUT2D eigenvalue weighted by Crippen LogP contribution is -2.20. The Balaban J connectivity index is 2.29. The molecule has 2 aromatic heterocycles. The molecule has 0 saturated heterocycles. The molecular formula is C10H9N5O2. The number of H-pyrrole nitrogens is 1. The number of anilines is 2. The second-order valence-electron chi connectivity index (χ2n) is 3.20. The molecule has 0 aromatic carbocycles. The van der Waals surface area contributed by atoms with E-state index in [-0.39, 0.29) is 11.4 Å². The lowest BCUT2D eigenvalue weighted by molar-refractivity contribution is 0.0995. The molecule has 7 heteroatoms. The fourth-order valence-electron chi connectivity index (χ4n) is 1.22. The predicted octanol–water partition coefficient (Wildman–Crippen LogP) is 0.00740. The molecule has 2 aromatic rings. The third kappa shape index (κ3) is 2.46. The van der Waals surface area contributed by atoms with Crippen LogP contribution < -0.4 is 16.6 Å². The van der Waals surface area contributed by atoms with E-state index in [4.69, 9.17) is 5.73 Å². The summed E-state index contributed by atoms with van der Waals surface area (Å²) in [5.41, 5.74) is 4.92. The van der Waals surface area contributed by atoms with Gasteiger partial charge in [0.1, 0.15) is 23.5 Å². The van der Waals surface area contributed by atoms with Crippen molar-refractivity contribution in [1.82, 2.24) is 15.0 Å². The fraction of sp³-hybridized carbons (Fsp3) is 0. The van der Waals surface area contributed by atoms with Crippen LogP contribution in [0.2, 0.25) is 0 Å². The molecular weight excluding hydrogens is 222 g/mol. The van der Waals surface area contributed by atoms with Gasteiger partial charge in [-0.1, -0.05) is 0 Å². The van der Waals surface area contributed by atoms with Gasteiger partial charge in [0.2, 0.25) is 0 Å². The lowest BCUT2D eigenvalue weighted by Gasteiger charge is -2.04. The highest BCUT2D eigenvalue weighted by molar-refractivity contribution is 5.90. The molecule has 86 valence electrons. The first-order chi connectivity index (χ1) is 8.16. The maximum atomic E-state index is 11.6. The number of pyridine rings is 1. The fourth-order valence-corrected chi connectivity index (χ4v) is 1.22. The Morgan fingerprint density at radius 3 is 2.76 bits per heavy atom. The van der Waals surface area contributed by atoms with Crippen molar-refractivity contribution in [3.8, 4) is 0 Å². The molecule has 4 N–H and O–H groups in total. The zero-order valence-corrected chi connectivity index (χ0v) is 8.68. The van der Waals surface area contributed by atoms with E-state index in [1.54, 1.807) is 12.3 Å². The number of hydrogen-bond acceptors (Lipinski definition) is 5. The van der Waals surface area contributed by atoms with E-state index in [9.17, 15) is 9.59 Å². The van der Waals surface area contributed by atoms with Crippen molar-refractivity contribution < 1.29 is 4.79 Å². The van der Waals surface area contributed by atoms with Crippen LogP contribution in [-0.4, -0.2) is 20.9 Å². The van der Waals surface area contributed by atoms with E-state index in [2.05, 4.69) is 20.3 Å². The van der Waals surface area contributed by atoms with E-state index in [0.717, 1.165) is 0 Å². The molecule has 0 atom stereocenters. The number of nitrogens with zero attached hydrogens (tertiary/aromatic N) is 2. The molecule has 7 nitrogen and oxygen atoms in total. The zero-order valence-electron chi connectivity index (χ0n) is 8.68. The molecule has 0 bridgehead atoms. The third-order valence-electron chi connectivity index (χ3n) is 2.02. The first kappa shape index (κ1) is 10.8. The van der Waals surface area contributed by atoms with E-state index in [1.807, 2.05) is 0 Å². The molecule has 0 aliphatic heterocycles. The lowest BCUT2D eigenvalue weighted by atomic mass is 10.3. The van der Waals surface area contributed by atoms with Crippen molar-refractivity contribution in [2.45, 2.75) is 0 Å². The van der Waals surface area contributed by atoms with Crippen LogP contribution in [0.1, 0.15) is 10.5 Å². The Labute approximate surface area is 95.7 Å². The second-order valence-corrected chi connectivity index (χ2v) is 3.20. The number of nitrogens with two attached hydrogens (primary N) is 1. The highest BCUT2D eigenvalue weighted by Crippen LogP contribution is 2.08. The largest absolute Gasteiger partial charge is 0.364 e. The summed E-state index contributed by atoms with van der Waals surface area (Å²) in [7, 11) is 0. The van der Waals surface area contributed by atoms with E-state index >= 15 is 0 Å². The Kier molecular flexibility index (Phi) is 2.82. The Bertz CT molecular complexity index is 593. The Hall–Kier alpha value is -2.70. The van der Waals surface area contributed by atoms with Crippen molar-refractivity contribution in [3.05, 3.63) is 46.8 Å². The molecule has 2 heterocycles. The van der Waals surface area contributed by atoms with Gasteiger partial charge in [-0.05, 0) is 18.2 Å². The predicted molar refractivity (Wildman–Crippen MR) is 60.9 cm³/mol. The summed E-state index contributed by atoms with van der Waals surface area (Å²) in [4.78, 5) is 32.4. The zero-order chi connectivity index (χ0) is 12.3. The topological polar surface area (TPSA) is 114 Å². The summed E-state index contributed by atoms with van der Waals surface area (Å²) in [6.07, 6.45) is 2.90. The van der Waals surface area contributed by atoms with Gasteiger partial charge < -0.3 is 16.0 Å². The van der Waals surface area contributed by atoms with Crippen molar-refractivity contribution in [3.63, 3.8) is 0 Å². The molecule has 1 amide bonds. The average Bonchev–Trinajstić information content (AvgIpc) is 2.33. The second kappa shape index (κ2) is 4.44. The molecule has 0 fully saturated rings. The molecule has 0 spiro atoms. The summed E-state index contributed by atoms with van der Waals surface area (Å²) >= 11 is 0. The third-order valence-corrected chi connectivity index (χ3v) is 2.02. The number of hydrogen-bond donors (Lipinski definition) is 3.